The summed E-state index contributed by atoms with van der Waals surface area (Å²) in [7, 11) is -3.63. The molecule has 29 heavy (non-hydrogen) atoms. The molecule has 1 aliphatic rings. The summed E-state index contributed by atoms with van der Waals surface area (Å²) in [6, 6.07) is 2.00. The van der Waals surface area contributed by atoms with Gasteiger partial charge < -0.3 is 15.0 Å². The minimum absolute atomic E-state index is 0.113. The third-order valence-corrected chi connectivity index (χ3v) is 7.54. The van der Waals surface area contributed by atoms with E-state index >= 15 is 0 Å². The Morgan fingerprint density at radius 1 is 1.03 bits per heavy atom. The van der Waals surface area contributed by atoms with Gasteiger partial charge in [-0.15, -0.1) is 0 Å². The van der Waals surface area contributed by atoms with Gasteiger partial charge in [-0.05, 0) is 56.9 Å². The molecule has 1 aromatic carbocycles. The first-order valence-corrected chi connectivity index (χ1v) is 11.3. The molecule has 0 spiro atoms. The molecular weight excluding hydrogens is 394 g/mol. The van der Waals surface area contributed by atoms with Crippen LogP contribution in [0.3, 0.4) is 0 Å². The number of rotatable bonds is 6. The third kappa shape index (κ3) is 5.27. The molecule has 1 fully saturated rings. The maximum atomic E-state index is 13.3. The lowest BCUT2D eigenvalue weighted by Gasteiger charge is -2.35. The van der Waals surface area contributed by atoms with Crippen molar-refractivity contribution in [2.75, 3.05) is 39.3 Å². The van der Waals surface area contributed by atoms with E-state index in [1.165, 1.54) is 4.31 Å². The third-order valence-electron chi connectivity index (χ3n) is 5.37. The van der Waals surface area contributed by atoms with Crippen LogP contribution < -0.4 is 5.32 Å². The largest absolute Gasteiger partial charge is 0.450 e. The van der Waals surface area contributed by atoms with Gasteiger partial charge in [0.1, 0.15) is 0 Å². The van der Waals surface area contributed by atoms with Gasteiger partial charge in [0.25, 0.3) is 0 Å². The molecule has 0 radical (unpaired) electrons. The van der Waals surface area contributed by atoms with Gasteiger partial charge in [0.05, 0.1) is 11.5 Å². The molecule has 0 aromatic heterocycles. The Labute approximate surface area is 173 Å². The topological polar surface area (TPSA) is 96.0 Å². The second-order valence-electron chi connectivity index (χ2n) is 7.27. The van der Waals surface area contributed by atoms with Gasteiger partial charge in [0, 0.05) is 39.1 Å². The molecule has 0 unspecified atom stereocenters. The number of benzene rings is 1. The lowest BCUT2D eigenvalue weighted by atomic mass is 10.0. The van der Waals surface area contributed by atoms with Crippen LogP contribution in [0, 0.1) is 27.7 Å². The summed E-state index contributed by atoms with van der Waals surface area (Å²) in [5.74, 6) is -0.113. The quantitative estimate of drug-likeness (QED) is 0.751. The molecule has 0 bridgehead atoms. The highest BCUT2D eigenvalue weighted by atomic mass is 32.2. The van der Waals surface area contributed by atoms with E-state index in [1.54, 1.807) is 11.8 Å². The molecule has 162 valence electrons. The first-order valence-electron chi connectivity index (χ1n) is 9.85. The molecule has 1 aliphatic heterocycles. The monoisotopic (exact) mass is 425 g/mol. The number of amides is 2. The number of hydrogen-bond acceptors (Lipinski definition) is 5. The standard InChI is InChI=1S/C20H31N3O5S/c1-6-28-20(25)21-8-7-18(24)22-9-11-23(12-10-22)29(26,27)19-16(4)14(2)13-15(3)17(19)5/h13H,6-12H2,1-5H3,(H,21,25). The van der Waals surface area contributed by atoms with E-state index in [4.69, 9.17) is 4.74 Å². The van der Waals surface area contributed by atoms with Crippen molar-refractivity contribution >= 4 is 22.0 Å². The van der Waals surface area contributed by atoms with E-state index in [1.807, 2.05) is 33.8 Å². The van der Waals surface area contributed by atoms with Crippen molar-refractivity contribution in [3.8, 4) is 0 Å². The minimum atomic E-state index is -3.63. The van der Waals surface area contributed by atoms with Crippen molar-refractivity contribution in [1.82, 2.24) is 14.5 Å². The van der Waals surface area contributed by atoms with E-state index in [0.29, 0.717) is 18.0 Å². The van der Waals surface area contributed by atoms with E-state index in [-0.39, 0.29) is 38.6 Å². The highest BCUT2D eigenvalue weighted by Gasteiger charge is 2.32. The Morgan fingerprint density at radius 3 is 2.10 bits per heavy atom. The zero-order valence-electron chi connectivity index (χ0n) is 17.9. The fourth-order valence-electron chi connectivity index (χ4n) is 3.49. The number of piperazine rings is 1. The Balaban J connectivity index is 2.00. The van der Waals surface area contributed by atoms with Crippen molar-refractivity contribution in [3.63, 3.8) is 0 Å². The van der Waals surface area contributed by atoms with E-state index < -0.39 is 16.1 Å². The Hall–Kier alpha value is -2.13. The predicted octanol–water partition coefficient (Wildman–Crippen LogP) is 1.89. The normalized spacial score (nSPS) is 15.3. The predicted molar refractivity (Wildman–Crippen MR) is 110 cm³/mol. The highest BCUT2D eigenvalue weighted by Crippen LogP contribution is 2.29. The van der Waals surface area contributed by atoms with Crippen LogP contribution in [0.15, 0.2) is 11.0 Å². The second-order valence-corrected chi connectivity index (χ2v) is 9.15. The SMILES string of the molecule is CCOC(=O)NCCC(=O)N1CCN(S(=O)(=O)c2c(C)c(C)cc(C)c2C)CC1. The van der Waals surface area contributed by atoms with Crippen LogP contribution in [-0.2, 0) is 19.6 Å². The summed E-state index contributed by atoms with van der Waals surface area (Å²) >= 11 is 0. The number of carbonyl (C=O) groups excluding carboxylic acids is 2. The number of nitrogens with one attached hydrogen (secondary N) is 1. The summed E-state index contributed by atoms with van der Waals surface area (Å²) in [6.45, 7) is 10.9. The molecule has 9 heteroatoms. The number of nitrogens with zero attached hydrogens (tertiary/aromatic N) is 2. The van der Waals surface area contributed by atoms with Gasteiger partial charge in [0.2, 0.25) is 15.9 Å². The van der Waals surface area contributed by atoms with Crippen LogP contribution in [0.25, 0.3) is 0 Å². The van der Waals surface area contributed by atoms with Crippen molar-refractivity contribution in [3.05, 3.63) is 28.3 Å². The maximum absolute atomic E-state index is 13.3. The summed E-state index contributed by atoms with van der Waals surface area (Å²) in [5.41, 5.74) is 3.46. The fourth-order valence-corrected chi connectivity index (χ4v) is 5.48. The average molecular weight is 426 g/mol. The number of alkyl carbamates (subject to hydrolysis) is 1. The Kier molecular flexibility index (Phi) is 7.65. The molecule has 1 saturated heterocycles. The van der Waals surface area contributed by atoms with Crippen LogP contribution in [0.2, 0.25) is 0 Å². The van der Waals surface area contributed by atoms with Crippen LogP contribution in [0.4, 0.5) is 4.79 Å². The number of aryl methyl sites for hydroxylation is 2. The van der Waals surface area contributed by atoms with Crippen molar-refractivity contribution in [1.29, 1.82) is 0 Å². The zero-order chi connectivity index (χ0) is 21.8. The average Bonchev–Trinajstić information content (AvgIpc) is 2.66. The van der Waals surface area contributed by atoms with E-state index in [2.05, 4.69) is 5.32 Å². The Morgan fingerprint density at radius 2 is 1.59 bits per heavy atom. The number of carbonyl (C=O) groups is 2. The van der Waals surface area contributed by atoms with Crippen molar-refractivity contribution in [2.24, 2.45) is 0 Å². The second kappa shape index (κ2) is 9.58. The molecule has 8 nitrogen and oxygen atoms in total. The molecular formula is C20H31N3O5S. The zero-order valence-corrected chi connectivity index (χ0v) is 18.7. The van der Waals surface area contributed by atoms with Crippen LogP contribution >= 0.6 is 0 Å². The minimum Gasteiger partial charge on any atom is -0.450 e. The Bertz CT molecular complexity index is 848. The number of sulfonamides is 1. The first kappa shape index (κ1) is 23.2. The van der Waals surface area contributed by atoms with Gasteiger partial charge in [-0.1, -0.05) is 6.07 Å². The number of ether oxygens (including phenoxy) is 1. The lowest BCUT2D eigenvalue weighted by molar-refractivity contribution is -0.132. The first-order chi connectivity index (χ1) is 13.6. The van der Waals surface area contributed by atoms with Crippen molar-refractivity contribution < 1.29 is 22.7 Å². The van der Waals surface area contributed by atoms with Crippen LogP contribution in [0.5, 0.6) is 0 Å². The highest BCUT2D eigenvalue weighted by molar-refractivity contribution is 7.89. The van der Waals surface area contributed by atoms with Gasteiger partial charge in [-0.2, -0.15) is 4.31 Å². The molecule has 0 saturated carbocycles. The molecule has 0 aliphatic carbocycles. The van der Waals surface area contributed by atoms with Gasteiger partial charge in [-0.25, -0.2) is 13.2 Å². The summed E-state index contributed by atoms with van der Waals surface area (Å²) in [4.78, 5) is 25.6. The van der Waals surface area contributed by atoms with Gasteiger partial charge in [0.15, 0.2) is 0 Å². The van der Waals surface area contributed by atoms with Crippen LogP contribution in [0.1, 0.15) is 35.6 Å². The van der Waals surface area contributed by atoms with E-state index in [9.17, 15) is 18.0 Å². The molecule has 0 atom stereocenters. The summed E-state index contributed by atoms with van der Waals surface area (Å²) in [6.07, 6.45) is -0.392. The van der Waals surface area contributed by atoms with Gasteiger partial charge in [-0.3, -0.25) is 4.79 Å². The summed E-state index contributed by atoms with van der Waals surface area (Å²) in [5, 5.41) is 2.52. The molecule has 2 rings (SSSR count). The fraction of sp³-hybridized carbons (Fsp3) is 0.600. The molecule has 1 heterocycles. The number of hydrogen-bond donors (Lipinski definition) is 1. The molecule has 2 amide bonds. The van der Waals surface area contributed by atoms with Crippen molar-refractivity contribution in [2.45, 2.75) is 45.9 Å². The lowest BCUT2D eigenvalue weighted by Crippen LogP contribution is -2.51. The van der Waals surface area contributed by atoms with Crippen LogP contribution in [-0.4, -0.2) is 69.0 Å². The van der Waals surface area contributed by atoms with Gasteiger partial charge >= 0.3 is 6.09 Å². The molecule has 1 N–H and O–H groups in total. The molecule has 1 aromatic rings. The summed E-state index contributed by atoms with van der Waals surface area (Å²) < 4.78 is 32.8. The smallest absolute Gasteiger partial charge is 0.407 e. The maximum Gasteiger partial charge on any atom is 0.407 e. The van der Waals surface area contributed by atoms with E-state index in [0.717, 1.165) is 22.3 Å².